The van der Waals surface area contributed by atoms with E-state index in [9.17, 15) is 4.79 Å². The molecule has 0 atom stereocenters. The average Bonchev–Trinajstić information content (AvgIpc) is 2.85. The van der Waals surface area contributed by atoms with Gasteiger partial charge in [0.05, 0.1) is 0 Å². The summed E-state index contributed by atoms with van der Waals surface area (Å²) in [6.07, 6.45) is 4.90. The quantitative estimate of drug-likeness (QED) is 0.512. The Morgan fingerprint density at radius 3 is 2.85 bits per heavy atom. The molecular weight excluding hydrogens is 337 g/mol. The lowest BCUT2D eigenvalue weighted by Gasteiger charge is -1.99. The number of amides is 1. The molecule has 0 saturated heterocycles. The number of carbonyl (C=O) groups excluding carboxylic acids is 1. The third-order valence-corrected chi connectivity index (χ3v) is 4.56. The predicted octanol–water partition coefficient (Wildman–Crippen LogP) is 4.22. The molecule has 4 nitrogen and oxygen atoms in total. The van der Waals surface area contributed by atoms with E-state index in [1.54, 1.807) is 24.3 Å². The van der Waals surface area contributed by atoms with Crippen LogP contribution in [-0.2, 0) is 4.79 Å². The fourth-order valence-corrected chi connectivity index (χ4v) is 2.94. The van der Waals surface area contributed by atoms with Crippen LogP contribution in [0.4, 0.5) is 5.13 Å². The molecule has 0 radical (unpaired) electrons. The second-order valence-corrected chi connectivity index (χ2v) is 6.44. The van der Waals surface area contributed by atoms with Crippen LogP contribution in [0.2, 0.25) is 10.0 Å². The fraction of sp³-hybridized carbons (Fsp3) is 0.0833. The van der Waals surface area contributed by atoms with Crippen molar-refractivity contribution in [2.45, 2.75) is 4.34 Å². The number of hydrogen-bond donors (Lipinski definition) is 1. The minimum absolute atomic E-state index is 0.292. The number of carbonyl (C=O) groups is 1. The van der Waals surface area contributed by atoms with E-state index in [1.807, 2.05) is 6.26 Å². The van der Waals surface area contributed by atoms with Gasteiger partial charge in [0, 0.05) is 16.1 Å². The Kier molecular flexibility index (Phi) is 5.42. The Morgan fingerprint density at radius 1 is 1.40 bits per heavy atom. The third kappa shape index (κ3) is 4.21. The van der Waals surface area contributed by atoms with Crippen LogP contribution < -0.4 is 5.32 Å². The maximum atomic E-state index is 11.7. The van der Waals surface area contributed by atoms with Crippen LogP contribution in [0.1, 0.15) is 5.56 Å². The highest BCUT2D eigenvalue weighted by Gasteiger charge is 2.05. The van der Waals surface area contributed by atoms with E-state index in [0.29, 0.717) is 20.7 Å². The first-order valence-electron chi connectivity index (χ1n) is 5.40. The summed E-state index contributed by atoms with van der Waals surface area (Å²) in [7, 11) is 0. The van der Waals surface area contributed by atoms with Crippen molar-refractivity contribution in [2.24, 2.45) is 0 Å². The van der Waals surface area contributed by atoms with Gasteiger partial charge in [0.2, 0.25) is 11.0 Å². The van der Waals surface area contributed by atoms with Gasteiger partial charge in [-0.3, -0.25) is 10.1 Å². The van der Waals surface area contributed by atoms with E-state index in [0.717, 1.165) is 4.34 Å². The molecule has 0 saturated carbocycles. The normalized spacial score (nSPS) is 10.9. The third-order valence-electron chi connectivity index (χ3n) is 2.19. The van der Waals surface area contributed by atoms with Gasteiger partial charge in [0.15, 0.2) is 4.34 Å². The SMILES string of the molecule is CSc1nnc(NC(=O)/C=C/c2ccc(Cl)cc2Cl)s1. The lowest BCUT2D eigenvalue weighted by molar-refractivity contribution is -0.111. The molecule has 8 heteroatoms. The molecule has 2 rings (SSSR count). The van der Waals surface area contributed by atoms with Crippen LogP contribution in [0.25, 0.3) is 6.08 Å². The van der Waals surface area contributed by atoms with Crippen molar-refractivity contribution in [3.8, 4) is 0 Å². The minimum atomic E-state index is -0.292. The molecule has 104 valence electrons. The molecule has 0 fully saturated rings. The highest BCUT2D eigenvalue weighted by Crippen LogP contribution is 2.24. The van der Waals surface area contributed by atoms with Crippen LogP contribution in [0, 0.1) is 0 Å². The second kappa shape index (κ2) is 7.08. The largest absolute Gasteiger partial charge is 0.297 e. The van der Waals surface area contributed by atoms with E-state index >= 15 is 0 Å². The average molecular weight is 346 g/mol. The number of thioether (sulfide) groups is 1. The summed E-state index contributed by atoms with van der Waals surface area (Å²) in [4.78, 5) is 11.7. The van der Waals surface area contributed by atoms with Gasteiger partial charge in [-0.05, 0) is 30.0 Å². The molecule has 1 amide bonds. The van der Waals surface area contributed by atoms with Crippen molar-refractivity contribution in [3.05, 3.63) is 39.9 Å². The van der Waals surface area contributed by atoms with Gasteiger partial charge in [-0.25, -0.2) is 0 Å². The number of nitrogens with one attached hydrogen (secondary N) is 1. The highest BCUT2D eigenvalue weighted by atomic mass is 35.5. The van der Waals surface area contributed by atoms with Gasteiger partial charge in [0.25, 0.3) is 0 Å². The molecule has 0 bridgehead atoms. The lowest BCUT2D eigenvalue weighted by atomic mass is 10.2. The molecule has 1 N–H and O–H groups in total. The van der Waals surface area contributed by atoms with Gasteiger partial charge in [-0.1, -0.05) is 52.4 Å². The molecule has 0 spiro atoms. The molecule has 1 aromatic heterocycles. The lowest BCUT2D eigenvalue weighted by Crippen LogP contribution is -2.07. The first-order chi connectivity index (χ1) is 9.58. The van der Waals surface area contributed by atoms with Crippen molar-refractivity contribution in [3.63, 3.8) is 0 Å². The summed E-state index contributed by atoms with van der Waals surface area (Å²) >= 11 is 14.6. The van der Waals surface area contributed by atoms with E-state index in [1.165, 1.54) is 29.2 Å². The van der Waals surface area contributed by atoms with Gasteiger partial charge in [-0.15, -0.1) is 10.2 Å². The van der Waals surface area contributed by atoms with Crippen LogP contribution in [-0.4, -0.2) is 22.4 Å². The first kappa shape index (κ1) is 15.3. The van der Waals surface area contributed by atoms with Crippen molar-refractivity contribution >= 4 is 63.4 Å². The summed E-state index contributed by atoms with van der Waals surface area (Å²) in [6.45, 7) is 0. The number of aromatic nitrogens is 2. The number of benzene rings is 1. The molecule has 0 aliphatic heterocycles. The summed E-state index contributed by atoms with van der Waals surface area (Å²) in [5.41, 5.74) is 0.716. The molecule has 1 heterocycles. The summed E-state index contributed by atoms with van der Waals surface area (Å²) in [5.74, 6) is -0.292. The van der Waals surface area contributed by atoms with Crippen molar-refractivity contribution in [1.82, 2.24) is 10.2 Å². The highest BCUT2D eigenvalue weighted by molar-refractivity contribution is 8.00. The zero-order valence-electron chi connectivity index (χ0n) is 10.3. The second-order valence-electron chi connectivity index (χ2n) is 3.57. The maximum Gasteiger partial charge on any atom is 0.250 e. The number of nitrogens with zero attached hydrogens (tertiary/aromatic N) is 2. The molecule has 0 aliphatic carbocycles. The van der Waals surface area contributed by atoms with Gasteiger partial charge in [-0.2, -0.15) is 0 Å². The molecular formula is C12H9Cl2N3OS2. The smallest absolute Gasteiger partial charge is 0.250 e. The standard InChI is InChI=1S/C12H9Cl2N3OS2/c1-19-12-17-16-11(20-12)15-10(18)5-3-7-2-4-8(13)6-9(7)14/h2-6H,1H3,(H,15,16,18)/b5-3+. The van der Waals surface area contributed by atoms with Crippen molar-refractivity contribution in [1.29, 1.82) is 0 Å². The molecule has 20 heavy (non-hydrogen) atoms. The van der Waals surface area contributed by atoms with Gasteiger partial charge >= 0.3 is 0 Å². The Labute approximate surface area is 134 Å². The van der Waals surface area contributed by atoms with Crippen LogP contribution >= 0.6 is 46.3 Å². The van der Waals surface area contributed by atoms with Crippen LogP contribution in [0.3, 0.4) is 0 Å². The molecule has 1 aromatic carbocycles. The minimum Gasteiger partial charge on any atom is -0.297 e. The zero-order chi connectivity index (χ0) is 14.5. The number of anilines is 1. The van der Waals surface area contributed by atoms with Crippen LogP contribution in [0.15, 0.2) is 28.6 Å². The molecule has 2 aromatic rings. The maximum absolute atomic E-state index is 11.7. The molecule has 0 aliphatic rings. The number of hydrogen-bond acceptors (Lipinski definition) is 5. The van der Waals surface area contributed by atoms with E-state index in [2.05, 4.69) is 15.5 Å². The Balaban J connectivity index is 2.01. The summed E-state index contributed by atoms with van der Waals surface area (Å²) in [6, 6.07) is 5.07. The first-order valence-corrected chi connectivity index (χ1v) is 8.20. The number of halogens is 2. The zero-order valence-corrected chi connectivity index (χ0v) is 13.4. The monoisotopic (exact) mass is 345 g/mol. The Bertz CT molecular complexity index is 658. The summed E-state index contributed by atoms with van der Waals surface area (Å²) < 4.78 is 0.796. The Hall–Kier alpha value is -1.08. The van der Waals surface area contributed by atoms with E-state index in [-0.39, 0.29) is 5.91 Å². The fourth-order valence-electron chi connectivity index (χ4n) is 1.29. The topological polar surface area (TPSA) is 54.9 Å². The van der Waals surface area contributed by atoms with E-state index in [4.69, 9.17) is 23.2 Å². The van der Waals surface area contributed by atoms with Gasteiger partial charge in [0.1, 0.15) is 0 Å². The van der Waals surface area contributed by atoms with E-state index < -0.39 is 0 Å². The van der Waals surface area contributed by atoms with Gasteiger partial charge < -0.3 is 0 Å². The van der Waals surface area contributed by atoms with Crippen LogP contribution in [0.5, 0.6) is 0 Å². The van der Waals surface area contributed by atoms with Crippen molar-refractivity contribution < 1.29 is 4.79 Å². The predicted molar refractivity (Wildman–Crippen MR) is 85.8 cm³/mol. The molecule has 0 unspecified atom stereocenters. The summed E-state index contributed by atoms with van der Waals surface area (Å²) in [5, 5.41) is 11.9. The Morgan fingerprint density at radius 2 is 2.20 bits per heavy atom. The number of rotatable bonds is 4. The van der Waals surface area contributed by atoms with Crippen molar-refractivity contribution in [2.75, 3.05) is 11.6 Å².